The zero-order chi connectivity index (χ0) is 21.0. The van der Waals surface area contributed by atoms with Crippen molar-refractivity contribution in [2.75, 3.05) is 13.1 Å². The maximum Gasteiger partial charge on any atom is 0.260 e. The summed E-state index contributed by atoms with van der Waals surface area (Å²) in [6.07, 6.45) is 3.14. The maximum atomic E-state index is 12.9. The number of hydrogen-bond acceptors (Lipinski definition) is 4. The largest absolute Gasteiger partial charge is 0.338 e. The summed E-state index contributed by atoms with van der Waals surface area (Å²) >= 11 is 0. The van der Waals surface area contributed by atoms with Crippen LogP contribution in [0.1, 0.15) is 73.2 Å². The molecule has 1 aliphatic heterocycles. The van der Waals surface area contributed by atoms with E-state index in [1.165, 1.54) is 0 Å². The molecule has 0 atom stereocenters. The Morgan fingerprint density at radius 1 is 1.07 bits per heavy atom. The molecular formula is C22H28N4O3. The predicted octanol–water partition coefficient (Wildman–Crippen LogP) is 2.18. The molecule has 1 fully saturated rings. The molecule has 1 spiro atoms. The fraction of sp³-hybridized carbons (Fsp3) is 0.545. The number of likely N-dealkylation sites (tertiary alicyclic amines) is 1. The van der Waals surface area contributed by atoms with Gasteiger partial charge in [-0.1, -0.05) is 20.8 Å². The molecule has 4 rings (SSSR count). The number of carbonyl (C=O) groups excluding carboxylic acids is 1. The van der Waals surface area contributed by atoms with E-state index in [-0.39, 0.29) is 33.4 Å². The van der Waals surface area contributed by atoms with Crippen molar-refractivity contribution in [3.8, 4) is 0 Å². The molecule has 7 nitrogen and oxygen atoms in total. The molecule has 0 saturated carbocycles. The first-order valence-corrected chi connectivity index (χ1v) is 10.2. The third kappa shape index (κ3) is 3.32. The van der Waals surface area contributed by atoms with E-state index < -0.39 is 0 Å². The average molecular weight is 396 g/mol. The Morgan fingerprint density at radius 2 is 1.76 bits per heavy atom. The van der Waals surface area contributed by atoms with Gasteiger partial charge in [0.1, 0.15) is 11.4 Å². The van der Waals surface area contributed by atoms with Gasteiger partial charge in [0, 0.05) is 35.2 Å². The van der Waals surface area contributed by atoms with Gasteiger partial charge < -0.3 is 14.9 Å². The number of pyridine rings is 1. The first-order valence-electron chi connectivity index (χ1n) is 10.2. The number of aromatic nitrogens is 3. The quantitative estimate of drug-likeness (QED) is 0.772. The maximum absolute atomic E-state index is 12.9. The van der Waals surface area contributed by atoms with Gasteiger partial charge in [-0.2, -0.15) is 0 Å². The van der Waals surface area contributed by atoms with Gasteiger partial charge in [-0.3, -0.25) is 14.4 Å². The second kappa shape index (κ2) is 6.68. The fourth-order valence-corrected chi connectivity index (χ4v) is 4.54. The van der Waals surface area contributed by atoms with Crippen LogP contribution >= 0.6 is 0 Å². The number of carbonyl (C=O) groups is 1. The van der Waals surface area contributed by atoms with Gasteiger partial charge in [0.05, 0.1) is 5.69 Å². The van der Waals surface area contributed by atoms with Gasteiger partial charge in [0.2, 0.25) is 0 Å². The number of nitrogens with one attached hydrogen (secondary N) is 2. The minimum Gasteiger partial charge on any atom is -0.338 e. The standard InChI is InChI=1S/C22H28N4O3/c1-13-5-6-15(18(28)23-13)19(29)26-11-9-22(10-12-26)8-7-14-16(22)24-20(21(2,3)4)25-17(14)27/h5-6H,7-12H2,1-4H3,(H,23,28)(H,24,25,27). The Kier molecular flexibility index (Phi) is 4.52. The lowest BCUT2D eigenvalue weighted by molar-refractivity contribution is 0.0661. The van der Waals surface area contributed by atoms with E-state index in [2.05, 4.69) is 9.97 Å². The lowest BCUT2D eigenvalue weighted by atomic mass is 9.76. The van der Waals surface area contributed by atoms with Crippen molar-refractivity contribution in [1.82, 2.24) is 19.9 Å². The first-order chi connectivity index (χ1) is 13.6. The highest BCUT2D eigenvalue weighted by atomic mass is 16.2. The van der Waals surface area contributed by atoms with E-state index in [1.54, 1.807) is 24.0 Å². The molecular weight excluding hydrogens is 368 g/mol. The van der Waals surface area contributed by atoms with Crippen LogP contribution < -0.4 is 11.1 Å². The van der Waals surface area contributed by atoms with Crippen molar-refractivity contribution in [2.45, 2.75) is 64.2 Å². The molecule has 3 heterocycles. The van der Waals surface area contributed by atoms with Gasteiger partial charge in [-0.05, 0) is 44.7 Å². The van der Waals surface area contributed by atoms with Crippen LogP contribution in [0, 0.1) is 6.92 Å². The molecule has 2 aromatic rings. The highest BCUT2D eigenvalue weighted by Crippen LogP contribution is 2.44. The third-order valence-corrected chi connectivity index (χ3v) is 6.38. The number of nitrogens with zero attached hydrogens (tertiary/aromatic N) is 2. The van der Waals surface area contributed by atoms with Gasteiger partial charge in [-0.25, -0.2) is 4.98 Å². The van der Waals surface area contributed by atoms with Crippen LogP contribution in [-0.4, -0.2) is 38.8 Å². The molecule has 0 radical (unpaired) electrons. The number of aryl methyl sites for hydroxylation is 1. The fourth-order valence-electron chi connectivity index (χ4n) is 4.54. The number of H-pyrrole nitrogens is 2. The Labute approximate surface area is 169 Å². The summed E-state index contributed by atoms with van der Waals surface area (Å²) in [5.74, 6) is 0.487. The SMILES string of the molecule is Cc1ccc(C(=O)N2CCC3(CCc4c3nc(C(C)(C)C)[nH]c4=O)CC2)c(=O)[nH]1. The van der Waals surface area contributed by atoms with Gasteiger partial charge in [-0.15, -0.1) is 0 Å². The second-order valence-corrected chi connectivity index (χ2v) is 9.45. The van der Waals surface area contributed by atoms with Crippen LogP contribution in [0.2, 0.25) is 0 Å². The molecule has 2 N–H and O–H groups in total. The summed E-state index contributed by atoms with van der Waals surface area (Å²) < 4.78 is 0. The molecule has 7 heteroatoms. The lowest BCUT2D eigenvalue weighted by Gasteiger charge is -2.39. The zero-order valence-corrected chi connectivity index (χ0v) is 17.5. The molecule has 0 bridgehead atoms. The van der Waals surface area contributed by atoms with Crippen molar-refractivity contribution < 1.29 is 4.79 Å². The second-order valence-electron chi connectivity index (χ2n) is 9.45. The summed E-state index contributed by atoms with van der Waals surface area (Å²) in [6.45, 7) is 9.03. The van der Waals surface area contributed by atoms with Gasteiger partial charge in [0.15, 0.2) is 0 Å². The van der Waals surface area contributed by atoms with Crippen molar-refractivity contribution in [1.29, 1.82) is 0 Å². The number of fused-ring (bicyclic) bond motifs is 2. The van der Waals surface area contributed by atoms with E-state index in [0.29, 0.717) is 18.9 Å². The summed E-state index contributed by atoms with van der Waals surface area (Å²) in [5, 5.41) is 0. The van der Waals surface area contributed by atoms with Crippen LogP contribution in [0.5, 0.6) is 0 Å². The Morgan fingerprint density at radius 3 is 2.38 bits per heavy atom. The van der Waals surface area contributed by atoms with Crippen molar-refractivity contribution in [3.05, 3.63) is 61.2 Å². The Hall–Kier alpha value is -2.70. The minimum atomic E-state index is -0.343. The molecule has 0 aromatic carbocycles. The minimum absolute atomic E-state index is 0.0264. The number of piperidine rings is 1. The van der Waals surface area contributed by atoms with Crippen LogP contribution in [0.15, 0.2) is 21.7 Å². The molecule has 154 valence electrons. The zero-order valence-electron chi connectivity index (χ0n) is 17.5. The van der Waals surface area contributed by atoms with Gasteiger partial charge in [0.25, 0.3) is 17.0 Å². The molecule has 1 aliphatic carbocycles. The summed E-state index contributed by atoms with van der Waals surface area (Å²) in [6, 6.07) is 3.35. The van der Waals surface area contributed by atoms with Crippen molar-refractivity contribution in [3.63, 3.8) is 0 Å². The monoisotopic (exact) mass is 396 g/mol. The molecule has 2 aliphatic rings. The molecule has 1 amide bonds. The molecule has 29 heavy (non-hydrogen) atoms. The van der Waals surface area contributed by atoms with Crippen LogP contribution in [0.25, 0.3) is 0 Å². The summed E-state index contributed by atoms with van der Waals surface area (Å²) in [7, 11) is 0. The van der Waals surface area contributed by atoms with E-state index in [9.17, 15) is 14.4 Å². The van der Waals surface area contributed by atoms with Crippen LogP contribution in [0.4, 0.5) is 0 Å². The van der Waals surface area contributed by atoms with Crippen molar-refractivity contribution >= 4 is 5.91 Å². The predicted molar refractivity (Wildman–Crippen MR) is 110 cm³/mol. The van der Waals surface area contributed by atoms with Crippen LogP contribution in [-0.2, 0) is 17.3 Å². The smallest absolute Gasteiger partial charge is 0.260 e. The van der Waals surface area contributed by atoms with E-state index in [0.717, 1.165) is 42.6 Å². The number of amides is 1. The topological polar surface area (TPSA) is 98.9 Å². The van der Waals surface area contributed by atoms with E-state index in [1.807, 2.05) is 20.8 Å². The third-order valence-electron chi connectivity index (χ3n) is 6.38. The Balaban J connectivity index is 1.59. The first kappa shape index (κ1) is 19.6. The molecule has 0 unspecified atom stereocenters. The van der Waals surface area contributed by atoms with E-state index in [4.69, 9.17) is 4.98 Å². The normalized spacial score (nSPS) is 18.1. The van der Waals surface area contributed by atoms with Crippen molar-refractivity contribution in [2.24, 2.45) is 0 Å². The van der Waals surface area contributed by atoms with Crippen LogP contribution in [0.3, 0.4) is 0 Å². The Bertz CT molecular complexity index is 1080. The highest BCUT2D eigenvalue weighted by molar-refractivity contribution is 5.93. The average Bonchev–Trinajstić information content (AvgIpc) is 3.00. The summed E-state index contributed by atoms with van der Waals surface area (Å²) in [4.78, 5) is 49.9. The van der Waals surface area contributed by atoms with E-state index >= 15 is 0 Å². The molecule has 1 saturated heterocycles. The highest BCUT2D eigenvalue weighted by Gasteiger charge is 2.45. The number of rotatable bonds is 1. The number of aromatic amines is 2. The van der Waals surface area contributed by atoms with Gasteiger partial charge >= 0.3 is 0 Å². The summed E-state index contributed by atoms with van der Waals surface area (Å²) in [5.41, 5.74) is 1.88. The lowest BCUT2D eigenvalue weighted by Crippen LogP contribution is -2.46. The number of hydrogen-bond donors (Lipinski definition) is 2. The molecule has 2 aromatic heterocycles.